The minimum atomic E-state index is -0.382. The number of esters is 1. The molecule has 2 atom stereocenters. The summed E-state index contributed by atoms with van der Waals surface area (Å²) in [6.45, 7) is 6.09. The fraction of sp³-hybridized carbons (Fsp3) is 0.360. The number of thiophene rings is 1. The summed E-state index contributed by atoms with van der Waals surface area (Å²) in [5, 5.41) is 3.42. The highest BCUT2D eigenvalue weighted by Gasteiger charge is 2.42. The van der Waals surface area contributed by atoms with Crippen LogP contribution in [0.1, 0.15) is 54.5 Å². The van der Waals surface area contributed by atoms with E-state index in [-0.39, 0.29) is 23.6 Å². The number of aryl methyl sites for hydroxylation is 1. The van der Waals surface area contributed by atoms with Crippen molar-refractivity contribution in [3.05, 3.63) is 74.9 Å². The van der Waals surface area contributed by atoms with Crippen LogP contribution in [0.15, 0.2) is 63.1 Å². The van der Waals surface area contributed by atoms with Crippen molar-refractivity contribution in [3.8, 4) is 0 Å². The molecule has 0 bridgehead atoms. The second kappa shape index (κ2) is 9.05. The van der Waals surface area contributed by atoms with E-state index < -0.39 is 0 Å². The molecule has 31 heavy (non-hydrogen) atoms. The van der Waals surface area contributed by atoms with E-state index in [1.54, 1.807) is 23.1 Å². The van der Waals surface area contributed by atoms with Gasteiger partial charge in [-0.25, -0.2) is 4.79 Å². The van der Waals surface area contributed by atoms with Crippen LogP contribution in [0.2, 0.25) is 0 Å². The summed E-state index contributed by atoms with van der Waals surface area (Å²) in [5.41, 5.74) is 5.22. The van der Waals surface area contributed by atoms with E-state index in [9.17, 15) is 9.59 Å². The number of hydrogen-bond donors (Lipinski definition) is 1. The number of allylic oxidation sites excluding steroid dienone is 3. The average Bonchev–Trinajstić information content (AvgIpc) is 3.13. The number of thioether (sulfide) groups is 1. The van der Waals surface area contributed by atoms with E-state index in [0.29, 0.717) is 18.6 Å². The van der Waals surface area contributed by atoms with Crippen molar-refractivity contribution in [2.45, 2.75) is 49.7 Å². The highest BCUT2D eigenvalue weighted by molar-refractivity contribution is 8.00. The molecule has 6 heteroatoms. The fourth-order valence-corrected chi connectivity index (χ4v) is 6.58. The second-order valence-corrected chi connectivity index (χ2v) is 10.3. The van der Waals surface area contributed by atoms with Gasteiger partial charge in [-0.2, -0.15) is 0 Å². The summed E-state index contributed by atoms with van der Waals surface area (Å²) in [5.74, 6) is -0.482. The van der Waals surface area contributed by atoms with Gasteiger partial charge in [-0.15, -0.1) is 23.1 Å². The minimum absolute atomic E-state index is 0.109. The number of nitrogens with one attached hydrogen (secondary N) is 1. The zero-order valence-electron chi connectivity index (χ0n) is 18.3. The molecule has 162 valence electrons. The van der Waals surface area contributed by atoms with Gasteiger partial charge in [-0.05, 0) is 56.6 Å². The van der Waals surface area contributed by atoms with Crippen molar-refractivity contribution >= 4 is 34.9 Å². The van der Waals surface area contributed by atoms with Crippen LogP contribution in [0.3, 0.4) is 0 Å². The van der Waals surface area contributed by atoms with Crippen LogP contribution in [0.5, 0.6) is 0 Å². The third-order valence-corrected chi connectivity index (χ3v) is 8.16. The molecule has 2 aromatic rings. The van der Waals surface area contributed by atoms with Crippen molar-refractivity contribution in [1.29, 1.82) is 0 Å². The lowest BCUT2D eigenvalue weighted by molar-refractivity contribution is -0.138. The van der Waals surface area contributed by atoms with Gasteiger partial charge in [-0.1, -0.05) is 30.3 Å². The van der Waals surface area contributed by atoms with E-state index >= 15 is 0 Å². The quantitative estimate of drug-likeness (QED) is 0.465. The van der Waals surface area contributed by atoms with Gasteiger partial charge in [0.1, 0.15) is 0 Å². The van der Waals surface area contributed by atoms with Gasteiger partial charge in [0, 0.05) is 28.3 Å². The van der Waals surface area contributed by atoms with Crippen LogP contribution in [0.4, 0.5) is 0 Å². The highest BCUT2D eigenvalue weighted by atomic mass is 32.2. The van der Waals surface area contributed by atoms with Crippen LogP contribution in [0.25, 0.3) is 0 Å². The lowest BCUT2D eigenvalue weighted by Crippen LogP contribution is -2.36. The van der Waals surface area contributed by atoms with Crippen molar-refractivity contribution in [1.82, 2.24) is 5.32 Å². The van der Waals surface area contributed by atoms with E-state index in [4.69, 9.17) is 4.74 Å². The molecule has 0 saturated heterocycles. The Kier molecular flexibility index (Phi) is 6.39. The van der Waals surface area contributed by atoms with Gasteiger partial charge in [0.15, 0.2) is 5.78 Å². The molecule has 4 nitrogen and oxygen atoms in total. The Balaban J connectivity index is 1.84. The number of rotatable bonds is 5. The number of ketones is 1. The van der Waals surface area contributed by atoms with Crippen LogP contribution in [0, 0.1) is 6.92 Å². The molecule has 0 amide bonds. The van der Waals surface area contributed by atoms with Crippen LogP contribution in [-0.2, 0) is 14.3 Å². The normalized spacial score (nSPS) is 21.1. The van der Waals surface area contributed by atoms with Crippen molar-refractivity contribution < 1.29 is 14.3 Å². The largest absolute Gasteiger partial charge is 0.463 e. The third-order valence-electron chi connectivity index (χ3n) is 5.94. The van der Waals surface area contributed by atoms with Gasteiger partial charge in [0.2, 0.25) is 0 Å². The zero-order chi connectivity index (χ0) is 22.1. The SMILES string of the molecule is CCOC(=O)C1=C(C)NC2=C(C(=O)C[C@H](c3ccccc3)C2)[C@@H]1c1cc(C)sc1SC. The number of benzene rings is 1. The van der Waals surface area contributed by atoms with E-state index in [0.717, 1.165) is 33.2 Å². The lowest BCUT2D eigenvalue weighted by Gasteiger charge is -2.36. The van der Waals surface area contributed by atoms with Gasteiger partial charge in [-0.3, -0.25) is 4.79 Å². The molecule has 0 radical (unpaired) electrons. The number of carbonyl (C=O) groups excluding carboxylic acids is 2. The van der Waals surface area contributed by atoms with E-state index in [1.807, 2.05) is 38.3 Å². The first kappa shape index (κ1) is 21.9. The summed E-state index contributed by atoms with van der Waals surface area (Å²) in [4.78, 5) is 27.7. The molecule has 0 fully saturated rings. The Morgan fingerprint density at radius 2 is 1.97 bits per heavy atom. The van der Waals surface area contributed by atoms with E-state index in [1.165, 1.54) is 10.4 Å². The first-order valence-corrected chi connectivity index (χ1v) is 12.6. The summed E-state index contributed by atoms with van der Waals surface area (Å²) in [6, 6.07) is 12.3. The Hall–Kier alpha value is -2.31. The van der Waals surface area contributed by atoms with Crippen molar-refractivity contribution in [3.63, 3.8) is 0 Å². The Labute approximate surface area is 191 Å². The number of dihydropyridines is 1. The number of carbonyl (C=O) groups is 2. The molecule has 0 unspecified atom stereocenters. The summed E-state index contributed by atoms with van der Waals surface area (Å²) in [7, 11) is 0. The molecular weight excluding hydrogens is 426 g/mol. The molecular formula is C25H27NO3S2. The van der Waals surface area contributed by atoms with Gasteiger partial charge < -0.3 is 10.1 Å². The maximum atomic E-state index is 13.6. The fourth-order valence-electron chi connectivity index (χ4n) is 4.66. The number of ether oxygens (including phenoxy) is 1. The van der Waals surface area contributed by atoms with Crippen molar-refractivity contribution in [2.75, 3.05) is 12.9 Å². The molecule has 1 aromatic carbocycles. The predicted molar refractivity (Wildman–Crippen MR) is 126 cm³/mol. The first-order valence-electron chi connectivity index (χ1n) is 10.5. The number of hydrogen-bond acceptors (Lipinski definition) is 6. The number of Topliss-reactive ketones (excluding diaryl/α,β-unsaturated/α-hetero) is 1. The second-order valence-electron chi connectivity index (χ2n) is 7.95. The average molecular weight is 454 g/mol. The first-order chi connectivity index (χ1) is 14.9. The standard InChI is InChI=1S/C25H27NO3S2/c1-5-29-24(28)21-15(3)26-19-12-17(16-9-7-6-8-10-16)13-20(27)23(19)22(21)18-11-14(2)31-25(18)30-4/h6-11,17,22,26H,5,12-13H2,1-4H3/t17-,22-/m1/s1. The Morgan fingerprint density at radius 1 is 1.23 bits per heavy atom. The Bertz CT molecular complexity index is 1080. The molecule has 0 spiro atoms. The predicted octanol–water partition coefficient (Wildman–Crippen LogP) is 5.70. The zero-order valence-corrected chi connectivity index (χ0v) is 19.9. The van der Waals surface area contributed by atoms with E-state index in [2.05, 4.69) is 30.4 Å². The van der Waals surface area contributed by atoms with Crippen molar-refractivity contribution in [2.24, 2.45) is 0 Å². The topological polar surface area (TPSA) is 55.4 Å². The third kappa shape index (κ3) is 4.11. The van der Waals surface area contributed by atoms with Gasteiger partial charge in [0.05, 0.1) is 22.3 Å². The summed E-state index contributed by atoms with van der Waals surface area (Å²) in [6.07, 6.45) is 3.25. The maximum Gasteiger partial charge on any atom is 0.336 e. The Morgan fingerprint density at radius 3 is 2.65 bits per heavy atom. The smallest absolute Gasteiger partial charge is 0.336 e. The summed E-state index contributed by atoms with van der Waals surface area (Å²) >= 11 is 3.37. The summed E-state index contributed by atoms with van der Waals surface area (Å²) < 4.78 is 6.56. The molecule has 1 N–H and O–H groups in total. The maximum absolute atomic E-state index is 13.6. The molecule has 2 heterocycles. The monoisotopic (exact) mass is 453 g/mol. The molecule has 2 aliphatic rings. The molecule has 1 aromatic heterocycles. The molecule has 1 aliphatic heterocycles. The van der Waals surface area contributed by atoms with Crippen LogP contribution < -0.4 is 5.32 Å². The molecule has 4 rings (SSSR count). The highest BCUT2D eigenvalue weighted by Crippen LogP contribution is 2.49. The van der Waals surface area contributed by atoms with Gasteiger partial charge >= 0.3 is 5.97 Å². The minimum Gasteiger partial charge on any atom is -0.463 e. The lowest BCUT2D eigenvalue weighted by atomic mass is 9.72. The molecule has 1 aliphatic carbocycles. The van der Waals surface area contributed by atoms with Gasteiger partial charge in [0.25, 0.3) is 0 Å². The van der Waals surface area contributed by atoms with Crippen LogP contribution >= 0.6 is 23.1 Å². The van der Waals surface area contributed by atoms with Crippen LogP contribution in [-0.4, -0.2) is 24.6 Å². The molecule has 0 saturated carbocycles.